The van der Waals surface area contributed by atoms with E-state index in [9.17, 15) is 8.42 Å². The number of pyridine rings is 1. The monoisotopic (exact) mass is 262 g/mol. The number of rotatable bonds is 3. The van der Waals surface area contributed by atoms with Crippen LogP contribution in [0.15, 0.2) is 24.5 Å². The van der Waals surface area contributed by atoms with Crippen LogP contribution in [-0.2, 0) is 9.24 Å². The van der Waals surface area contributed by atoms with Gasteiger partial charge in [0, 0.05) is 23.4 Å². The van der Waals surface area contributed by atoms with Gasteiger partial charge < -0.3 is 4.74 Å². The molecule has 88 valence electrons. The highest BCUT2D eigenvalue weighted by Gasteiger charge is 2.31. The zero-order chi connectivity index (χ0) is 11.6. The number of nitrogens with zero attached hydrogens (tertiary/aromatic N) is 2. The van der Waals surface area contributed by atoms with Gasteiger partial charge in [0.1, 0.15) is 11.9 Å². The van der Waals surface area contributed by atoms with E-state index in [0.29, 0.717) is 25.3 Å². The van der Waals surface area contributed by atoms with Crippen LogP contribution in [0.2, 0.25) is 0 Å². The summed E-state index contributed by atoms with van der Waals surface area (Å²) in [6, 6.07) is 3.55. The average Bonchev–Trinajstić information content (AvgIpc) is 2.67. The number of hydrogen-bond acceptors (Lipinski definition) is 4. The Balaban J connectivity index is 1.96. The fourth-order valence-electron chi connectivity index (χ4n) is 1.60. The highest BCUT2D eigenvalue weighted by Crippen LogP contribution is 2.20. The average molecular weight is 263 g/mol. The number of aromatic nitrogens is 1. The lowest BCUT2D eigenvalue weighted by atomic mass is 10.3. The van der Waals surface area contributed by atoms with Crippen LogP contribution < -0.4 is 4.74 Å². The fraction of sp³-hybridized carbons (Fsp3) is 0.444. The van der Waals surface area contributed by atoms with Gasteiger partial charge in [-0.3, -0.25) is 4.98 Å². The van der Waals surface area contributed by atoms with Crippen molar-refractivity contribution in [1.29, 1.82) is 0 Å². The van der Waals surface area contributed by atoms with E-state index in [1.54, 1.807) is 24.5 Å². The van der Waals surface area contributed by atoms with Crippen LogP contribution in [-0.4, -0.2) is 36.9 Å². The van der Waals surface area contributed by atoms with Crippen molar-refractivity contribution >= 4 is 19.9 Å². The first-order valence-corrected chi connectivity index (χ1v) is 7.09. The van der Waals surface area contributed by atoms with Gasteiger partial charge in [-0.15, -0.1) is 0 Å². The van der Waals surface area contributed by atoms with Crippen molar-refractivity contribution in [2.45, 2.75) is 12.5 Å². The molecule has 1 aliphatic rings. The molecule has 0 amide bonds. The molecule has 1 aliphatic heterocycles. The second-order valence-corrected chi connectivity index (χ2v) is 6.03. The summed E-state index contributed by atoms with van der Waals surface area (Å²) >= 11 is 0. The normalized spacial score (nSPS) is 22.2. The molecule has 1 aromatic heterocycles. The van der Waals surface area contributed by atoms with E-state index in [-0.39, 0.29) is 6.10 Å². The summed E-state index contributed by atoms with van der Waals surface area (Å²) in [7, 11) is 1.62. The highest BCUT2D eigenvalue weighted by molar-refractivity contribution is 8.11. The largest absolute Gasteiger partial charge is 0.487 e. The first-order valence-electron chi connectivity index (χ1n) is 4.82. The first-order chi connectivity index (χ1) is 7.55. The molecule has 0 aliphatic carbocycles. The summed E-state index contributed by atoms with van der Waals surface area (Å²) in [5.41, 5.74) is 0. The summed E-state index contributed by atoms with van der Waals surface area (Å²) in [4.78, 5) is 3.91. The molecule has 16 heavy (non-hydrogen) atoms. The Bertz CT molecular complexity index is 451. The zero-order valence-electron chi connectivity index (χ0n) is 8.41. The van der Waals surface area contributed by atoms with Crippen molar-refractivity contribution in [3.05, 3.63) is 24.5 Å². The minimum absolute atomic E-state index is 0.155. The van der Waals surface area contributed by atoms with Gasteiger partial charge in [0.2, 0.25) is 0 Å². The molecule has 1 fully saturated rings. The quantitative estimate of drug-likeness (QED) is 0.763. The van der Waals surface area contributed by atoms with E-state index in [0.717, 1.165) is 0 Å². The molecule has 1 aromatic rings. The van der Waals surface area contributed by atoms with E-state index in [4.69, 9.17) is 15.4 Å². The lowest BCUT2D eigenvalue weighted by Gasteiger charge is -2.13. The predicted molar refractivity (Wildman–Crippen MR) is 59.6 cm³/mol. The molecule has 0 aromatic carbocycles. The number of halogens is 1. The van der Waals surface area contributed by atoms with Crippen molar-refractivity contribution in [2.75, 3.05) is 13.1 Å². The maximum atomic E-state index is 11.1. The molecule has 0 saturated carbocycles. The zero-order valence-corrected chi connectivity index (χ0v) is 9.99. The molecule has 2 rings (SSSR count). The lowest BCUT2D eigenvalue weighted by Crippen LogP contribution is -2.27. The van der Waals surface area contributed by atoms with E-state index < -0.39 is 9.24 Å². The second kappa shape index (κ2) is 4.57. The molecule has 2 heterocycles. The molecule has 0 spiro atoms. The van der Waals surface area contributed by atoms with Crippen LogP contribution >= 0.6 is 10.7 Å². The SMILES string of the molecule is O=S(=O)(Cl)N1CCC(Oc2cccnc2)C1. The standard InChI is InChI=1S/C9H11ClN2O3S/c10-16(13,14)12-5-3-9(7-12)15-8-2-1-4-11-6-8/h1-2,4,6,9H,3,5,7H2. The summed E-state index contributed by atoms with van der Waals surface area (Å²) < 4.78 is 28.9. The summed E-state index contributed by atoms with van der Waals surface area (Å²) in [5, 5.41) is 0. The Labute approximate surface area is 98.5 Å². The Morgan fingerprint density at radius 3 is 2.94 bits per heavy atom. The molecule has 0 radical (unpaired) electrons. The molecule has 5 nitrogen and oxygen atoms in total. The Kier molecular flexibility index (Phi) is 3.32. The third kappa shape index (κ3) is 2.84. The van der Waals surface area contributed by atoms with Crippen molar-refractivity contribution in [2.24, 2.45) is 0 Å². The smallest absolute Gasteiger partial charge is 0.299 e. The van der Waals surface area contributed by atoms with Crippen molar-refractivity contribution in [1.82, 2.24) is 9.29 Å². The van der Waals surface area contributed by atoms with E-state index in [2.05, 4.69) is 4.98 Å². The van der Waals surface area contributed by atoms with Crippen LogP contribution in [0, 0.1) is 0 Å². The predicted octanol–water partition coefficient (Wildman–Crippen LogP) is 1.02. The number of hydrogen-bond donors (Lipinski definition) is 0. The van der Waals surface area contributed by atoms with Gasteiger partial charge in [0.25, 0.3) is 9.24 Å². The van der Waals surface area contributed by atoms with Crippen LogP contribution in [0.3, 0.4) is 0 Å². The molecular formula is C9H11ClN2O3S. The topological polar surface area (TPSA) is 59.5 Å². The molecule has 7 heteroatoms. The maximum absolute atomic E-state index is 11.1. The third-order valence-electron chi connectivity index (χ3n) is 2.35. The Morgan fingerprint density at radius 2 is 2.38 bits per heavy atom. The van der Waals surface area contributed by atoms with E-state index in [1.807, 2.05) is 0 Å². The van der Waals surface area contributed by atoms with E-state index >= 15 is 0 Å². The fourth-order valence-corrected chi connectivity index (χ4v) is 2.65. The van der Waals surface area contributed by atoms with Crippen LogP contribution in [0.1, 0.15) is 6.42 Å². The van der Waals surface area contributed by atoms with Crippen LogP contribution in [0.4, 0.5) is 0 Å². The van der Waals surface area contributed by atoms with Gasteiger partial charge in [-0.25, -0.2) is 0 Å². The van der Waals surface area contributed by atoms with Gasteiger partial charge >= 0.3 is 0 Å². The highest BCUT2D eigenvalue weighted by atomic mass is 35.7. The van der Waals surface area contributed by atoms with Crippen molar-refractivity contribution < 1.29 is 13.2 Å². The van der Waals surface area contributed by atoms with Gasteiger partial charge in [0.05, 0.1) is 12.7 Å². The maximum Gasteiger partial charge on any atom is 0.299 e. The summed E-state index contributed by atoms with van der Waals surface area (Å²) in [5.74, 6) is 0.640. The molecule has 0 N–H and O–H groups in total. The molecular weight excluding hydrogens is 252 g/mol. The number of ether oxygens (including phenoxy) is 1. The van der Waals surface area contributed by atoms with Gasteiger partial charge in [0.15, 0.2) is 0 Å². The second-order valence-electron chi connectivity index (χ2n) is 3.52. The van der Waals surface area contributed by atoms with E-state index in [1.165, 1.54) is 4.31 Å². The summed E-state index contributed by atoms with van der Waals surface area (Å²) in [6.07, 6.45) is 3.73. The minimum Gasteiger partial charge on any atom is -0.487 e. The van der Waals surface area contributed by atoms with Gasteiger partial charge in [-0.05, 0) is 18.6 Å². The molecule has 0 bridgehead atoms. The third-order valence-corrected chi connectivity index (χ3v) is 3.89. The van der Waals surface area contributed by atoms with Gasteiger partial charge in [-0.1, -0.05) is 0 Å². The van der Waals surface area contributed by atoms with Crippen LogP contribution in [0.5, 0.6) is 5.75 Å². The molecule has 1 saturated heterocycles. The Morgan fingerprint density at radius 1 is 1.56 bits per heavy atom. The minimum atomic E-state index is -3.62. The summed E-state index contributed by atoms with van der Waals surface area (Å²) in [6.45, 7) is 0.692. The van der Waals surface area contributed by atoms with Crippen LogP contribution in [0.25, 0.3) is 0 Å². The molecule has 1 atom stereocenters. The Hall–Kier alpha value is -0.850. The lowest BCUT2D eigenvalue weighted by molar-refractivity contribution is 0.215. The molecule has 1 unspecified atom stereocenters. The van der Waals surface area contributed by atoms with Gasteiger partial charge in [-0.2, -0.15) is 12.7 Å². The van der Waals surface area contributed by atoms with Crippen molar-refractivity contribution in [3.63, 3.8) is 0 Å². The van der Waals surface area contributed by atoms with Crippen molar-refractivity contribution in [3.8, 4) is 5.75 Å². The first kappa shape index (κ1) is 11.6.